The maximum atomic E-state index is 12.3. The molecule has 2 aromatic carbocycles. The first kappa shape index (κ1) is 15.0. The van der Waals surface area contributed by atoms with E-state index in [-0.39, 0.29) is 5.78 Å². The average Bonchev–Trinajstić information content (AvgIpc) is 2.48. The van der Waals surface area contributed by atoms with E-state index in [1.807, 2.05) is 57.2 Å². The Labute approximate surface area is 126 Å². The van der Waals surface area contributed by atoms with Gasteiger partial charge in [0.15, 0.2) is 5.78 Å². The third-order valence-electron chi connectivity index (χ3n) is 3.73. The molecule has 108 valence electrons. The van der Waals surface area contributed by atoms with Gasteiger partial charge >= 0.3 is 0 Å². The molecule has 0 amide bonds. The van der Waals surface area contributed by atoms with Crippen LogP contribution >= 0.6 is 0 Å². The third kappa shape index (κ3) is 3.40. The van der Waals surface area contributed by atoms with Gasteiger partial charge in [-0.25, -0.2) is 0 Å². The van der Waals surface area contributed by atoms with Crippen LogP contribution < -0.4 is 4.74 Å². The Kier molecular flexibility index (Phi) is 4.59. The van der Waals surface area contributed by atoms with E-state index in [0.717, 1.165) is 28.0 Å². The molecule has 0 radical (unpaired) electrons. The monoisotopic (exact) mass is 280 g/mol. The molecule has 2 rings (SSSR count). The van der Waals surface area contributed by atoms with E-state index in [9.17, 15) is 4.79 Å². The van der Waals surface area contributed by atoms with Crippen molar-refractivity contribution in [1.82, 2.24) is 0 Å². The maximum absolute atomic E-state index is 12.3. The molecule has 2 heteroatoms. The van der Waals surface area contributed by atoms with Crippen molar-refractivity contribution < 1.29 is 9.53 Å². The summed E-state index contributed by atoms with van der Waals surface area (Å²) in [7, 11) is 1.62. The zero-order chi connectivity index (χ0) is 15.4. The van der Waals surface area contributed by atoms with Gasteiger partial charge in [0, 0.05) is 5.56 Å². The molecule has 0 atom stereocenters. The molecular weight excluding hydrogens is 260 g/mol. The van der Waals surface area contributed by atoms with Crippen LogP contribution in [0, 0.1) is 20.8 Å². The highest BCUT2D eigenvalue weighted by Gasteiger charge is 2.09. The fourth-order valence-electron chi connectivity index (χ4n) is 2.22. The van der Waals surface area contributed by atoms with Crippen LogP contribution in [-0.4, -0.2) is 12.9 Å². The summed E-state index contributed by atoms with van der Waals surface area (Å²) >= 11 is 0. The van der Waals surface area contributed by atoms with Gasteiger partial charge in [0.05, 0.1) is 7.11 Å². The number of benzene rings is 2. The Morgan fingerprint density at radius 1 is 1.05 bits per heavy atom. The minimum atomic E-state index is -0.0142. The number of carbonyl (C=O) groups is 1. The first-order chi connectivity index (χ1) is 10.0. The number of ether oxygens (including phenoxy) is 1. The Morgan fingerprint density at radius 3 is 2.43 bits per heavy atom. The molecular formula is C19H20O2. The van der Waals surface area contributed by atoms with Gasteiger partial charge in [-0.2, -0.15) is 0 Å². The largest absolute Gasteiger partial charge is 0.496 e. The van der Waals surface area contributed by atoms with Crippen LogP contribution in [0.3, 0.4) is 0 Å². The van der Waals surface area contributed by atoms with E-state index in [4.69, 9.17) is 4.74 Å². The molecule has 0 bridgehead atoms. The molecule has 0 unspecified atom stereocenters. The molecule has 2 nitrogen and oxygen atoms in total. The second kappa shape index (κ2) is 6.40. The van der Waals surface area contributed by atoms with Crippen molar-refractivity contribution in [2.24, 2.45) is 0 Å². The van der Waals surface area contributed by atoms with Crippen LogP contribution in [0.4, 0.5) is 0 Å². The van der Waals surface area contributed by atoms with Crippen LogP contribution in [0.1, 0.15) is 32.6 Å². The molecule has 0 saturated heterocycles. The smallest absolute Gasteiger partial charge is 0.185 e. The van der Waals surface area contributed by atoms with Crippen molar-refractivity contribution in [2.75, 3.05) is 7.11 Å². The lowest BCUT2D eigenvalue weighted by Crippen LogP contribution is -1.99. The van der Waals surface area contributed by atoms with Crippen molar-refractivity contribution in [3.63, 3.8) is 0 Å². The van der Waals surface area contributed by atoms with Gasteiger partial charge in [0.25, 0.3) is 0 Å². The topological polar surface area (TPSA) is 26.3 Å². The number of carbonyl (C=O) groups excluding carboxylic acids is 1. The predicted octanol–water partition coefficient (Wildman–Crippen LogP) is 4.52. The first-order valence-electron chi connectivity index (χ1n) is 6.96. The van der Waals surface area contributed by atoms with E-state index in [1.165, 1.54) is 0 Å². The molecule has 0 aliphatic carbocycles. The number of allylic oxidation sites excluding steroid dienone is 1. The summed E-state index contributed by atoms with van der Waals surface area (Å²) in [5.74, 6) is 0.738. The van der Waals surface area contributed by atoms with Crippen LogP contribution in [0.2, 0.25) is 0 Å². The second-order valence-electron chi connectivity index (χ2n) is 5.17. The minimum absolute atomic E-state index is 0.0142. The lowest BCUT2D eigenvalue weighted by atomic mass is 10.0. The molecule has 0 spiro atoms. The fraction of sp³-hybridized carbons (Fsp3) is 0.211. The second-order valence-corrected chi connectivity index (χ2v) is 5.17. The van der Waals surface area contributed by atoms with Gasteiger partial charge in [0.2, 0.25) is 0 Å². The Bertz CT molecular complexity index is 697. The van der Waals surface area contributed by atoms with E-state index in [1.54, 1.807) is 19.3 Å². The summed E-state index contributed by atoms with van der Waals surface area (Å²) in [6.45, 7) is 6.01. The fourth-order valence-corrected chi connectivity index (χ4v) is 2.22. The van der Waals surface area contributed by atoms with Gasteiger partial charge in [-0.05, 0) is 61.2 Å². The van der Waals surface area contributed by atoms with Crippen molar-refractivity contribution in [3.8, 4) is 5.75 Å². The molecule has 2 aromatic rings. The summed E-state index contributed by atoms with van der Waals surface area (Å²) in [6.07, 6.45) is 3.48. The highest BCUT2D eigenvalue weighted by atomic mass is 16.5. The van der Waals surface area contributed by atoms with E-state index >= 15 is 0 Å². The quantitative estimate of drug-likeness (QED) is 0.608. The molecule has 0 aliphatic heterocycles. The predicted molar refractivity (Wildman–Crippen MR) is 87.0 cm³/mol. The van der Waals surface area contributed by atoms with Crippen molar-refractivity contribution in [1.29, 1.82) is 0 Å². The molecule has 0 N–H and O–H groups in total. The summed E-state index contributed by atoms with van der Waals surface area (Å²) in [6, 6.07) is 11.7. The zero-order valence-corrected chi connectivity index (χ0v) is 12.9. The first-order valence-corrected chi connectivity index (χ1v) is 6.96. The van der Waals surface area contributed by atoms with Crippen molar-refractivity contribution >= 4 is 11.9 Å². The number of aryl methyl sites for hydroxylation is 2. The molecule has 0 heterocycles. The molecule has 0 fully saturated rings. The van der Waals surface area contributed by atoms with E-state index < -0.39 is 0 Å². The van der Waals surface area contributed by atoms with Gasteiger partial charge < -0.3 is 4.74 Å². The molecule has 0 aliphatic rings. The summed E-state index contributed by atoms with van der Waals surface area (Å²) < 4.78 is 5.32. The number of ketones is 1. The summed E-state index contributed by atoms with van der Waals surface area (Å²) in [4.78, 5) is 12.3. The van der Waals surface area contributed by atoms with E-state index in [2.05, 4.69) is 0 Å². The Morgan fingerprint density at radius 2 is 1.76 bits per heavy atom. The molecule has 0 saturated carbocycles. The normalized spacial score (nSPS) is 10.9. The Hall–Kier alpha value is -2.35. The number of rotatable bonds is 4. The molecule has 21 heavy (non-hydrogen) atoms. The van der Waals surface area contributed by atoms with E-state index in [0.29, 0.717) is 5.56 Å². The minimum Gasteiger partial charge on any atom is -0.496 e. The van der Waals surface area contributed by atoms with Gasteiger partial charge in [-0.3, -0.25) is 4.79 Å². The number of hydrogen-bond acceptors (Lipinski definition) is 2. The summed E-state index contributed by atoms with van der Waals surface area (Å²) in [5, 5.41) is 0. The highest BCUT2D eigenvalue weighted by Crippen LogP contribution is 2.23. The van der Waals surface area contributed by atoms with Crippen LogP contribution in [0.25, 0.3) is 6.08 Å². The van der Waals surface area contributed by atoms with Crippen molar-refractivity contribution in [2.45, 2.75) is 20.8 Å². The number of hydrogen-bond donors (Lipinski definition) is 0. The van der Waals surface area contributed by atoms with Crippen LogP contribution in [0.15, 0.2) is 42.5 Å². The van der Waals surface area contributed by atoms with Gasteiger partial charge in [0.1, 0.15) is 5.75 Å². The zero-order valence-electron chi connectivity index (χ0n) is 12.9. The highest BCUT2D eigenvalue weighted by molar-refractivity contribution is 6.07. The van der Waals surface area contributed by atoms with Gasteiger partial charge in [-0.15, -0.1) is 0 Å². The van der Waals surface area contributed by atoms with Crippen LogP contribution in [-0.2, 0) is 0 Å². The third-order valence-corrected chi connectivity index (χ3v) is 3.73. The lowest BCUT2D eigenvalue weighted by molar-refractivity contribution is 0.104. The standard InChI is InChI=1S/C19H20O2/c1-13-7-5-6-8-16(13)9-10-18(20)17-11-14(2)15(3)19(12-17)21-4/h5-12H,1-4H3/b10-9+. The average molecular weight is 280 g/mol. The Balaban J connectivity index is 2.29. The van der Waals surface area contributed by atoms with Crippen molar-refractivity contribution in [3.05, 3.63) is 70.3 Å². The lowest BCUT2D eigenvalue weighted by Gasteiger charge is -2.09. The van der Waals surface area contributed by atoms with Crippen LogP contribution in [0.5, 0.6) is 5.75 Å². The van der Waals surface area contributed by atoms with Gasteiger partial charge in [-0.1, -0.05) is 30.3 Å². The maximum Gasteiger partial charge on any atom is 0.185 e. The molecule has 0 aromatic heterocycles. The number of methoxy groups -OCH3 is 1. The SMILES string of the molecule is COc1cc(C(=O)/C=C/c2ccccc2C)cc(C)c1C. The summed E-state index contributed by atoms with van der Waals surface area (Å²) in [5.41, 5.74) is 4.99.